The summed E-state index contributed by atoms with van der Waals surface area (Å²) in [7, 11) is 0. The molecule has 1 amide bonds. The van der Waals surface area contributed by atoms with Crippen LogP contribution in [0.1, 0.15) is 11.1 Å². The van der Waals surface area contributed by atoms with Gasteiger partial charge in [-0.05, 0) is 24.3 Å². The standard InChI is InChI=1S/C21H16N2O/c24-20(22-15-5-9-17-7-2-1-3-8-17)14-13-19-11-4-10-18-12-6-16-23-21(18)19/h1-4,6-8,10-14,16H,15H2,(H,22,24). The van der Waals surface area contributed by atoms with Gasteiger partial charge in [-0.3, -0.25) is 9.78 Å². The molecule has 24 heavy (non-hydrogen) atoms. The van der Waals surface area contributed by atoms with Crippen molar-refractivity contribution in [3.63, 3.8) is 0 Å². The number of fused-ring (bicyclic) bond motifs is 1. The average Bonchev–Trinajstić information content (AvgIpc) is 2.64. The molecular formula is C21H16N2O. The Morgan fingerprint density at radius 3 is 2.75 bits per heavy atom. The SMILES string of the molecule is O=C(C=Cc1cccc2cccnc12)NCC#Cc1ccccc1. The van der Waals surface area contributed by atoms with Gasteiger partial charge >= 0.3 is 0 Å². The second-order valence-electron chi connectivity index (χ2n) is 5.14. The minimum atomic E-state index is -0.176. The molecular weight excluding hydrogens is 296 g/mol. The van der Waals surface area contributed by atoms with Crippen molar-refractivity contribution in [2.75, 3.05) is 6.54 Å². The van der Waals surface area contributed by atoms with Gasteiger partial charge in [0.15, 0.2) is 0 Å². The van der Waals surface area contributed by atoms with Crippen molar-refractivity contribution in [1.82, 2.24) is 10.3 Å². The summed E-state index contributed by atoms with van der Waals surface area (Å²) in [5.41, 5.74) is 2.73. The van der Waals surface area contributed by atoms with Crippen LogP contribution in [0.2, 0.25) is 0 Å². The Labute approximate surface area is 141 Å². The molecule has 2 aromatic carbocycles. The molecule has 1 heterocycles. The number of nitrogens with zero attached hydrogens (tertiary/aromatic N) is 1. The highest BCUT2D eigenvalue weighted by Crippen LogP contribution is 2.16. The quantitative estimate of drug-likeness (QED) is 0.595. The zero-order chi connectivity index (χ0) is 16.6. The predicted octanol–water partition coefficient (Wildman–Crippen LogP) is 3.42. The van der Waals surface area contributed by atoms with Gasteiger partial charge < -0.3 is 5.32 Å². The molecule has 0 saturated heterocycles. The minimum Gasteiger partial charge on any atom is -0.342 e. The Kier molecular flexibility index (Phi) is 5.01. The number of carbonyl (C=O) groups excluding carboxylic acids is 1. The van der Waals surface area contributed by atoms with Crippen molar-refractivity contribution in [3.05, 3.63) is 84.1 Å². The molecule has 0 fully saturated rings. The van der Waals surface area contributed by atoms with Crippen LogP contribution in [-0.4, -0.2) is 17.4 Å². The number of nitrogens with one attached hydrogen (secondary N) is 1. The van der Waals surface area contributed by atoms with Crippen molar-refractivity contribution in [2.24, 2.45) is 0 Å². The molecule has 1 N–H and O–H groups in total. The average molecular weight is 312 g/mol. The van der Waals surface area contributed by atoms with Gasteiger partial charge in [0.2, 0.25) is 5.91 Å². The highest BCUT2D eigenvalue weighted by molar-refractivity contribution is 5.95. The number of para-hydroxylation sites is 1. The number of aromatic nitrogens is 1. The number of pyridine rings is 1. The summed E-state index contributed by atoms with van der Waals surface area (Å²) < 4.78 is 0. The monoisotopic (exact) mass is 312 g/mol. The molecule has 0 aliphatic carbocycles. The van der Waals surface area contributed by atoms with Gasteiger partial charge in [-0.25, -0.2) is 0 Å². The fourth-order valence-corrected chi connectivity index (χ4v) is 2.29. The maximum absolute atomic E-state index is 11.9. The topological polar surface area (TPSA) is 42.0 Å². The first-order valence-electron chi connectivity index (χ1n) is 7.66. The Morgan fingerprint density at radius 1 is 1.04 bits per heavy atom. The third kappa shape index (κ3) is 4.08. The van der Waals surface area contributed by atoms with E-state index in [9.17, 15) is 4.79 Å². The summed E-state index contributed by atoms with van der Waals surface area (Å²) in [6.45, 7) is 0.311. The summed E-state index contributed by atoms with van der Waals surface area (Å²) in [6, 6.07) is 19.5. The van der Waals surface area contributed by atoms with Crippen molar-refractivity contribution in [2.45, 2.75) is 0 Å². The Balaban J connectivity index is 1.60. The van der Waals surface area contributed by atoms with E-state index in [1.165, 1.54) is 6.08 Å². The van der Waals surface area contributed by atoms with E-state index in [2.05, 4.69) is 22.1 Å². The smallest absolute Gasteiger partial charge is 0.244 e. The van der Waals surface area contributed by atoms with Crippen molar-refractivity contribution >= 4 is 22.9 Å². The third-order valence-corrected chi connectivity index (χ3v) is 3.44. The normalized spacial score (nSPS) is 10.3. The summed E-state index contributed by atoms with van der Waals surface area (Å²) in [6.07, 6.45) is 5.03. The molecule has 3 heteroatoms. The van der Waals surface area contributed by atoms with E-state index < -0.39 is 0 Å². The molecule has 0 aliphatic rings. The van der Waals surface area contributed by atoms with Crippen LogP contribution in [0.4, 0.5) is 0 Å². The van der Waals surface area contributed by atoms with Crippen LogP contribution >= 0.6 is 0 Å². The van der Waals surface area contributed by atoms with E-state index in [1.807, 2.05) is 60.7 Å². The van der Waals surface area contributed by atoms with E-state index in [0.29, 0.717) is 6.54 Å². The van der Waals surface area contributed by atoms with Crippen LogP contribution in [0.15, 0.2) is 72.9 Å². The molecule has 116 valence electrons. The van der Waals surface area contributed by atoms with E-state index in [-0.39, 0.29) is 5.91 Å². The maximum Gasteiger partial charge on any atom is 0.244 e. The summed E-state index contributed by atoms with van der Waals surface area (Å²) in [5.74, 6) is 5.76. The molecule has 3 nitrogen and oxygen atoms in total. The molecule has 0 radical (unpaired) electrons. The minimum absolute atomic E-state index is 0.176. The van der Waals surface area contributed by atoms with Crippen LogP contribution in [0, 0.1) is 11.8 Å². The number of rotatable bonds is 3. The maximum atomic E-state index is 11.9. The third-order valence-electron chi connectivity index (χ3n) is 3.44. The van der Waals surface area contributed by atoms with Gasteiger partial charge in [-0.1, -0.05) is 54.3 Å². The van der Waals surface area contributed by atoms with E-state index in [4.69, 9.17) is 0 Å². The molecule has 1 aromatic heterocycles. The van der Waals surface area contributed by atoms with Crippen LogP contribution in [-0.2, 0) is 4.79 Å². The molecule has 0 saturated carbocycles. The van der Waals surface area contributed by atoms with Crippen molar-refractivity contribution in [3.8, 4) is 11.8 Å². The lowest BCUT2D eigenvalue weighted by Gasteiger charge is -2.00. The summed E-state index contributed by atoms with van der Waals surface area (Å²) >= 11 is 0. The van der Waals surface area contributed by atoms with Gasteiger partial charge in [-0.2, -0.15) is 0 Å². The first-order valence-corrected chi connectivity index (χ1v) is 7.66. The largest absolute Gasteiger partial charge is 0.342 e. The predicted molar refractivity (Wildman–Crippen MR) is 97.1 cm³/mol. The Hall–Kier alpha value is -3.38. The highest BCUT2D eigenvalue weighted by atomic mass is 16.1. The Morgan fingerprint density at radius 2 is 1.88 bits per heavy atom. The number of amides is 1. The number of hydrogen-bond acceptors (Lipinski definition) is 2. The molecule has 0 atom stereocenters. The number of carbonyl (C=O) groups is 1. The number of benzene rings is 2. The molecule has 0 unspecified atom stereocenters. The molecule has 3 aromatic rings. The first-order chi connectivity index (χ1) is 11.8. The summed E-state index contributed by atoms with van der Waals surface area (Å²) in [5, 5.41) is 3.80. The lowest BCUT2D eigenvalue weighted by atomic mass is 10.1. The van der Waals surface area contributed by atoms with Crippen molar-refractivity contribution in [1.29, 1.82) is 0 Å². The van der Waals surface area contributed by atoms with Gasteiger partial charge in [0.05, 0.1) is 12.1 Å². The lowest BCUT2D eigenvalue weighted by molar-refractivity contribution is -0.116. The van der Waals surface area contributed by atoms with Crippen LogP contribution < -0.4 is 5.32 Å². The molecule has 0 aliphatic heterocycles. The summed E-state index contributed by atoms with van der Waals surface area (Å²) in [4.78, 5) is 16.2. The van der Waals surface area contributed by atoms with Crippen molar-refractivity contribution < 1.29 is 4.79 Å². The van der Waals surface area contributed by atoms with E-state index in [1.54, 1.807) is 12.3 Å². The zero-order valence-corrected chi connectivity index (χ0v) is 13.1. The Bertz CT molecular complexity index is 929. The molecule has 3 rings (SSSR count). The van der Waals surface area contributed by atoms with Gasteiger partial charge in [0.1, 0.15) is 0 Å². The molecule has 0 bridgehead atoms. The van der Waals surface area contributed by atoms with Gasteiger partial charge in [0, 0.05) is 28.8 Å². The molecule has 0 spiro atoms. The fraction of sp³-hybridized carbons (Fsp3) is 0.0476. The van der Waals surface area contributed by atoms with E-state index >= 15 is 0 Å². The highest BCUT2D eigenvalue weighted by Gasteiger charge is 1.99. The second-order valence-corrected chi connectivity index (χ2v) is 5.14. The van der Waals surface area contributed by atoms with Gasteiger partial charge in [-0.15, -0.1) is 0 Å². The number of hydrogen-bond donors (Lipinski definition) is 1. The van der Waals surface area contributed by atoms with Crippen LogP contribution in [0.5, 0.6) is 0 Å². The van der Waals surface area contributed by atoms with Crippen LogP contribution in [0.25, 0.3) is 17.0 Å². The second kappa shape index (κ2) is 7.75. The fourth-order valence-electron chi connectivity index (χ4n) is 2.29. The van der Waals surface area contributed by atoms with Crippen LogP contribution in [0.3, 0.4) is 0 Å². The first kappa shape index (κ1) is 15.5. The van der Waals surface area contributed by atoms with Gasteiger partial charge in [0.25, 0.3) is 0 Å². The lowest BCUT2D eigenvalue weighted by Crippen LogP contribution is -2.20. The van der Waals surface area contributed by atoms with E-state index in [0.717, 1.165) is 22.0 Å². The zero-order valence-electron chi connectivity index (χ0n) is 13.1.